The van der Waals surface area contributed by atoms with Gasteiger partial charge in [-0.1, -0.05) is 20.8 Å². The molecule has 1 heterocycles. The molecule has 0 aliphatic heterocycles. The first kappa shape index (κ1) is 17.2. The van der Waals surface area contributed by atoms with E-state index >= 15 is 0 Å². The van der Waals surface area contributed by atoms with E-state index in [1.165, 1.54) is 10.4 Å². The van der Waals surface area contributed by atoms with Crippen molar-refractivity contribution in [2.45, 2.75) is 51.8 Å². The molecular formula is C14H26N2O3S. The minimum atomic E-state index is -3.53. The van der Waals surface area contributed by atoms with Gasteiger partial charge in [0.25, 0.3) is 10.0 Å². The molecule has 0 fully saturated rings. The summed E-state index contributed by atoms with van der Waals surface area (Å²) in [7, 11) is -1.95. The van der Waals surface area contributed by atoms with Crippen LogP contribution in [0.15, 0.2) is 21.6 Å². The van der Waals surface area contributed by atoms with E-state index in [0.29, 0.717) is 18.2 Å². The Morgan fingerprint density at radius 2 is 1.95 bits per heavy atom. The molecule has 0 saturated carbocycles. The van der Waals surface area contributed by atoms with Crippen molar-refractivity contribution in [3.05, 3.63) is 17.9 Å². The Morgan fingerprint density at radius 3 is 2.50 bits per heavy atom. The second-order valence-corrected chi connectivity index (χ2v) is 7.45. The summed E-state index contributed by atoms with van der Waals surface area (Å²) in [6.45, 7) is 9.49. The summed E-state index contributed by atoms with van der Waals surface area (Å²) in [5.41, 5.74) is 0. The van der Waals surface area contributed by atoms with Gasteiger partial charge in [-0.3, -0.25) is 0 Å². The van der Waals surface area contributed by atoms with Gasteiger partial charge in [-0.2, -0.15) is 4.31 Å². The van der Waals surface area contributed by atoms with Gasteiger partial charge in [0.2, 0.25) is 5.09 Å². The third-order valence-electron chi connectivity index (χ3n) is 3.33. The van der Waals surface area contributed by atoms with Crippen LogP contribution in [0.5, 0.6) is 0 Å². The fourth-order valence-electron chi connectivity index (χ4n) is 1.71. The lowest BCUT2D eigenvalue weighted by Crippen LogP contribution is -2.34. The van der Waals surface area contributed by atoms with Crippen LogP contribution in [0.2, 0.25) is 0 Å². The van der Waals surface area contributed by atoms with Gasteiger partial charge in [-0.25, -0.2) is 8.42 Å². The van der Waals surface area contributed by atoms with Crippen LogP contribution in [0.4, 0.5) is 0 Å². The van der Waals surface area contributed by atoms with Gasteiger partial charge in [-0.15, -0.1) is 0 Å². The summed E-state index contributed by atoms with van der Waals surface area (Å²) in [5, 5.41) is 3.24. The predicted octanol–water partition coefficient (Wildman–Crippen LogP) is 2.44. The van der Waals surface area contributed by atoms with Crippen LogP contribution in [-0.2, 0) is 16.6 Å². The Labute approximate surface area is 122 Å². The Hall–Kier alpha value is -0.850. The molecule has 1 atom stereocenters. The second kappa shape index (κ2) is 7.24. The zero-order valence-corrected chi connectivity index (χ0v) is 13.8. The molecule has 1 aromatic heterocycles. The maximum Gasteiger partial charge on any atom is 0.276 e. The summed E-state index contributed by atoms with van der Waals surface area (Å²) in [6, 6.07) is 3.19. The molecule has 1 unspecified atom stereocenters. The number of sulfonamides is 1. The molecular weight excluding hydrogens is 276 g/mol. The summed E-state index contributed by atoms with van der Waals surface area (Å²) >= 11 is 0. The molecule has 1 aromatic rings. The number of rotatable bonds is 8. The SMILES string of the molecule is CCC(C)N(C)S(=O)(=O)c1ccc(CNCC(C)C)o1. The zero-order valence-electron chi connectivity index (χ0n) is 13.0. The molecule has 0 amide bonds. The monoisotopic (exact) mass is 302 g/mol. The minimum Gasteiger partial charge on any atom is -0.447 e. The van der Waals surface area contributed by atoms with Crippen LogP contribution in [0.25, 0.3) is 0 Å². The first-order chi connectivity index (χ1) is 9.28. The van der Waals surface area contributed by atoms with Crippen molar-refractivity contribution in [2.24, 2.45) is 5.92 Å². The molecule has 0 bridgehead atoms. The fraction of sp³-hybridized carbons (Fsp3) is 0.714. The summed E-state index contributed by atoms with van der Waals surface area (Å²) in [5.74, 6) is 1.19. The van der Waals surface area contributed by atoms with E-state index in [4.69, 9.17) is 4.42 Å². The third kappa shape index (κ3) is 4.33. The predicted molar refractivity (Wildman–Crippen MR) is 80.0 cm³/mol. The van der Waals surface area contributed by atoms with Crippen molar-refractivity contribution in [2.75, 3.05) is 13.6 Å². The number of hydrogen-bond donors (Lipinski definition) is 1. The summed E-state index contributed by atoms with van der Waals surface area (Å²) in [4.78, 5) is 0. The van der Waals surface area contributed by atoms with Gasteiger partial charge >= 0.3 is 0 Å². The highest BCUT2D eigenvalue weighted by molar-refractivity contribution is 7.89. The van der Waals surface area contributed by atoms with E-state index in [-0.39, 0.29) is 11.1 Å². The Balaban J connectivity index is 2.75. The van der Waals surface area contributed by atoms with Crippen LogP contribution in [0.3, 0.4) is 0 Å². The van der Waals surface area contributed by atoms with E-state index in [2.05, 4.69) is 19.2 Å². The topological polar surface area (TPSA) is 62.6 Å². The molecule has 6 heteroatoms. The Bertz CT molecular complexity index is 508. The van der Waals surface area contributed by atoms with Crippen LogP contribution in [-0.4, -0.2) is 32.4 Å². The molecule has 5 nitrogen and oxygen atoms in total. The molecule has 1 N–H and O–H groups in total. The standard InChI is InChI=1S/C14H26N2O3S/c1-6-12(4)16(5)20(17,18)14-8-7-13(19-14)10-15-9-11(2)3/h7-8,11-12,15H,6,9-10H2,1-5H3. The number of nitrogens with one attached hydrogen (secondary N) is 1. The molecule has 0 aromatic carbocycles. The first-order valence-corrected chi connectivity index (χ1v) is 8.50. The van der Waals surface area contributed by atoms with E-state index in [1.54, 1.807) is 13.1 Å². The van der Waals surface area contributed by atoms with Crippen molar-refractivity contribution in [1.29, 1.82) is 0 Å². The van der Waals surface area contributed by atoms with E-state index in [0.717, 1.165) is 13.0 Å². The molecule has 0 spiro atoms. The van der Waals surface area contributed by atoms with Crippen LogP contribution in [0, 0.1) is 5.92 Å². The summed E-state index contributed by atoms with van der Waals surface area (Å²) < 4.78 is 31.5. The van der Waals surface area contributed by atoms with E-state index in [9.17, 15) is 8.42 Å². The first-order valence-electron chi connectivity index (χ1n) is 7.06. The number of furan rings is 1. The van der Waals surface area contributed by atoms with Gasteiger partial charge < -0.3 is 9.73 Å². The highest BCUT2D eigenvalue weighted by Gasteiger charge is 2.27. The summed E-state index contributed by atoms with van der Waals surface area (Å²) in [6.07, 6.45) is 0.763. The Morgan fingerprint density at radius 1 is 1.30 bits per heavy atom. The quantitative estimate of drug-likeness (QED) is 0.801. The van der Waals surface area contributed by atoms with Gasteiger partial charge in [0.1, 0.15) is 5.76 Å². The van der Waals surface area contributed by atoms with E-state index < -0.39 is 10.0 Å². The second-order valence-electron chi connectivity index (χ2n) is 5.52. The highest BCUT2D eigenvalue weighted by Crippen LogP contribution is 2.20. The van der Waals surface area contributed by atoms with Crippen molar-refractivity contribution in [3.63, 3.8) is 0 Å². The molecule has 116 valence electrons. The van der Waals surface area contributed by atoms with Crippen molar-refractivity contribution < 1.29 is 12.8 Å². The van der Waals surface area contributed by atoms with Gasteiger partial charge in [0, 0.05) is 13.1 Å². The number of hydrogen-bond acceptors (Lipinski definition) is 4. The smallest absolute Gasteiger partial charge is 0.276 e. The maximum atomic E-state index is 12.3. The largest absolute Gasteiger partial charge is 0.447 e. The minimum absolute atomic E-state index is 0.0154. The Kier molecular flexibility index (Phi) is 6.23. The van der Waals surface area contributed by atoms with Gasteiger partial charge in [0.15, 0.2) is 0 Å². The average molecular weight is 302 g/mol. The van der Waals surface area contributed by atoms with Crippen LogP contribution >= 0.6 is 0 Å². The fourth-order valence-corrected chi connectivity index (χ4v) is 3.07. The third-order valence-corrected chi connectivity index (χ3v) is 5.18. The molecule has 0 aliphatic rings. The lowest BCUT2D eigenvalue weighted by molar-refractivity contribution is 0.347. The molecule has 1 rings (SSSR count). The molecule has 0 aliphatic carbocycles. The van der Waals surface area contributed by atoms with Crippen molar-refractivity contribution in [1.82, 2.24) is 9.62 Å². The lowest BCUT2D eigenvalue weighted by atomic mass is 10.2. The lowest BCUT2D eigenvalue weighted by Gasteiger charge is -2.21. The maximum absolute atomic E-state index is 12.3. The molecule has 0 saturated heterocycles. The van der Waals surface area contributed by atoms with Gasteiger partial charge in [-0.05, 0) is 37.9 Å². The van der Waals surface area contributed by atoms with Crippen LogP contribution < -0.4 is 5.32 Å². The van der Waals surface area contributed by atoms with Crippen molar-refractivity contribution in [3.8, 4) is 0 Å². The zero-order chi connectivity index (χ0) is 15.3. The number of nitrogens with zero attached hydrogens (tertiary/aromatic N) is 1. The van der Waals surface area contributed by atoms with Crippen molar-refractivity contribution >= 4 is 10.0 Å². The highest BCUT2D eigenvalue weighted by atomic mass is 32.2. The van der Waals surface area contributed by atoms with Crippen LogP contribution in [0.1, 0.15) is 39.9 Å². The normalized spacial score (nSPS) is 14.2. The average Bonchev–Trinajstić information content (AvgIpc) is 2.86. The van der Waals surface area contributed by atoms with Gasteiger partial charge in [0.05, 0.1) is 6.54 Å². The molecule has 20 heavy (non-hydrogen) atoms. The molecule has 0 radical (unpaired) electrons. The van der Waals surface area contributed by atoms with E-state index in [1.807, 2.05) is 13.8 Å².